The summed E-state index contributed by atoms with van der Waals surface area (Å²) in [6.07, 6.45) is 1.91. The summed E-state index contributed by atoms with van der Waals surface area (Å²) in [5.41, 5.74) is 5.59. The molecule has 0 saturated heterocycles. The van der Waals surface area contributed by atoms with Gasteiger partial charge >= 0.3 is 0 Å². The van der Waals surface area contributed by atoms with Gasteiger partial charge in [-0.25, -0.2) is 4.98 Å². The van der Waals surface area contributed by atoms with Crippen LogP contribution >= 0.6 is 0 Å². The summed E-state index contributed by atoms with van der Waals surface area (Å²) in [5, 5.41) is 14.4. The van der Waals surface area contributed by atoms with Crippen LogP contribution < -0.4 is 0 Å². The molecule has 124 valence electrons. The zero-order valence-electron chi connectivity index (χ0n) is 14.1. The van der Waals surface area contributed by atoms with E-state index in [1.165, 1.54) is 11.3 Å². The maximum atomic E-state index is 4.36. The first-order valence-corrected chi connectivity index (χ1v) is 8.13. The summed E-state index contributed by atoms with van der Waals surface area (Å²) < 4.78 is 2.21. The van der Waals surface area contributed by atoms with Crippen molar-refractivity contribution in [3.63, 3.8) is 0 Å². The standard InChI is InChI=1S/C19H18N6/c1-13-11-20-14(2)25(13)12-15-7-9-16(10-8-15)17-5-3-4-6-18(17)19-21-23-24-22-19/h3-11H,12H2,1-2H3,(H,21,22,23,24). The van der Waals surface area contributed by atoms with Crippen molar-refractivity contribution in [3.8, 4) is 22.5 Å². The van der Waals surface area contributed by atoms with E-state index in [4.69, 9.17) is 0 Å². The van der Waals surface area contributed by atoms with Crippen LogP contribution in [0.15, 0.2) is 54.7 Å². The number of rotatable bonds is 4. The molecule has 0 unspecified atom stereocenters. The molecule has 2 aromatic heterocycles. The molecule has 0 fully saturated rings. The number of tetrazole rings is 1. The number of aryl methyl sites for hydroxylation is 2. The van der Waals surface area contributed by atoms with E-state index >= 15 is 0 Å². The van der Waals surface area contributed by atoms with E-state index in [0.29, 0.717) is 5.82 Å². The lowest BCUT2D eigenvalue weighted by atomic mass is 9.98. The predicted molar refractivity (Wildman–Crippen MR) is 95.9 cm³/mol. The van der Waals surface area contributed by atoms with E-state index in [-0.39, 0.29) is 0 Å². The Morgan fingerprint density at radius 2 is 1.72 bits per heavy atom. The van der Waals surface area contributed by atoms with Crippen molar-refractivity contribution in [2.24, 2.45) is 0 Å². The molecule has 0 aliphatic heterocycles. The van der Waals surface area contributed by atoms with Crippen LogP contribution in [0.2, 0.25) is 0 Å². The molecule has 0 radical (unpaired) electrons. The van der Waals surface area contributed by atoms with E-state index in [1.807, 2.05) is 31.3 Å². The largest absolute Gasteiger partial charge is 0.328 e. The first-order valence-electron chi connectivity index (χ1n) is 8.13. The van der Waals surface area contributed by atoms with Crippen LogP contribution in [-0.4, -0.2) is 30.2 Å². The van der Waals surface area contributed by atoms with E-state index in [1.54, 1.807) is 0 Å². The molecule has 0 saturated carbocycles. The van der Waals surface area contributed by atoms with Crippen LogP contribution in [-0.2, 0) is 6.54 Å². The fourth-order valence-electron chi connectivity index (χ4n) is 3.00. The van der Waals surface area contributed by atoms with Crippen LogP contribution in [0.25, 0.3) is 22.5 Å². The third-order valence-electron chi connectivity index (χ3n) is 4.37. The van der Waals surface area contributed by atoms with Gasteiger partial charge in [-0.15, -0.1) is 10.2 Å². The second kappa shape index (κ2) is 6.32. The van der Waals surface area contributed by atoms with Gasteiger partial charge in [0.05, 0.1) is 0 Å². The third kappa shape index (κ3) is 2.94. The highest BCUT2D eigenvalue weighted by atomic mass is 15.5. The summed E-state index contributed by atoms with van der Waals surface area (Å²) in [5.74, 6) is 1.63. The van der Waals surface area contributed by atoms with Crippen LogP contribution in [0.4, 0.5) is 0 Å². The number of hydrogen-bond acceptors (Lipinski definition) is 4. The molecule has 0 aliphatic rings. The molecule has 6 nitrogen and oxygen atoms in total. The zero-order valence-corrected chi connectivity index (χ0v) is 14.1. The van der Waals surface area contributed by atoms with Crippen molar-refractivity contribution in [1.29, 1.82) is 0 Å². The Kier molecular flexibility index (Phi) is 3.85. The van der Waals surface area contributed by atoms with Gasteiger partial charge in [0.2, 0.25) is 5.82 Å². The zero-order chi connectivity index (χ0) is 17.2. The second-order valence-electron chi connectivity index (χ2n) is 6.01. The minimum Gasteiger partial charge on any atom is -0.328 e. The van der Waals surface area contributed by atoms with Gasteiger partial charge in [0.25, 0.3) is 0 Å². The molecule has 0 bridgehead atoms. The summed E-state index contributed by atoms with van der Waals surface area (Å²) in [6.45, 7) is 4.93. The number of H-pyrrole nitrogens is 1. The van der Waals surface area contributed by atoms with Crippen molar-refractivity contribution in [1.82, 2.24) is 30.2 Å². The molecule has 6 heteroatoms. The highest BCUT2D eigenvalue weighted by Crippen LogP contribution is 2.29. The van der Waals surface area contributed by atoms with Gasteiger partial charge in [0, 0.05) is 24.0 Å². The Bertz CT molecular complexity index is 964. The molecule has 0 spiro atoms. The fourth-order valence-corrected chi connectivity index (χ4v) is 3.00. The predicted octanol–water partition coefficient (Wildman–Crippen LogP) is 3.40. The lowest BCUT2D eigenvalue weighted by Crippen LogP contribution is -2.03. The first kappa shape index (κ1) is 15.3. The Morgan fingerprint density at radius 3 is 2.36 bits per heavy atom. The van der Waals surface area contributed by atoms with E-state index in [0.717, 1.165) is 29.1 Å². The summed E-state index contributed by atoms with van der Waals surface area (Å²) in [6, 6.07) is 16.7. The minimum absolute atomic E-state index is 0.601. The summed E-state index contributed by atoms with van der Waals surface area (Å²) >= 11 is 0. The lowest BCUT2D eigenvalue weighted by Gasteiger charge is -2.10. The number of benzene rings is 2. The molecular weight excluding hydrogens is 312 g/mol. The molecule has 4 rings (SSSR count). The first-order chi connectivity index (χ1) is 12.2. The lowest BCUT2D eigenvalue weighted by molar-refractivity contribution is 0.738. The SMILES string of the molecule is Cc1cnc(C)n1Cc1ccc(-c2ccccc2-c2nn[nH]n2)cc1. The van der Waals surface area contributed by atoms with Crippen molar-refractivity contribution in [3.05, 3.63) is 71.8 Å². The molecule has 0 amide bonds. The Labute approximate surface area is 145 Å². The summed E-state index contributed by atoms with van der Waals surface area (Å²) in [4.78, 5) is 4.36. The normalized spacial score (nSPS) is 11.0. The minimum atomic E-state index is 0.601. The molecule has 0 aliphatic carbocycles. The van der Waals surface area contributed by atoms with Crippen molar-refractivity contribution in [2.45, 2.75) is 20.4 Å². The van der Waals surface area contributed by atoms with Crippen LogP contribution in [0, 0.1) is 13.8 Å². The quantitative estimate of drug-likeness (QED) is 0.622. The van der Waals surface area contributed by atoms with Gasteiger partial charge in [0.1, 0.15) is 5.82 Å². The number of imidazole rings is 1. The Morgan fingerprint density at radius 1 is 0.960 bits per heavy atom. The van der Waals surface area contributed by atoms with Gasteiger partial charge in [0.15, 0.2) is 0 Å². The van der Waals surface area contributed by atoms with E-state index in [2.05, 4.69) is 67.4 Å². The third-order valence-corrected chi connectivity index (χ3v) is 4.37. The molecule has 1 N–H and O–H groups in total. The number of nitrogens with one attached hydrogen (secondary N) is 1. The molecular formula is C19H18N6. The highest BCUT2D eigenvalue weighted by molar-refractivity contribution is 5.80. The highest BCUT2D eigenvalue weighted by Gasteiger charge is 2.10. The van der Waals surface area contributed by atoms with Gasteiger partial charge in [-0.1, -0.05) is 48.5 Å². The van der Waals surface area contributed by atoms with E-state index < -0.39 is 0 Å². The van der Waals surface area contributed by atoms with Crippen LogP contribution in [0.5, 0.6) is 0 Å². The maximum absolute atomic E-state index is 4.36. The molecule has 2 aromatic carbocycles. The van der Waals surface area contributed by atoms with Crippen LogP contribution in [0.1, 0.15) is 17.1 Å². The second-order valence-corrected chi connectivity index (χ2v) is 6.01. The average Bonchev–Trinajstić information content (AvgIpc) is 3.28. The van der Waals surface area contributed by atoms with Gasteiger partial charge in [-0.05, 0) is 35.8 Å². The van der Waals surface area contributed by atoms with Gasteiger partial charge in [-0.2, -0.15) is 5.21 Å². The Hall–Kier alpha value is -3.28. The monoisotopic (exact) mass is 330 g/mol. The number of nitrogens with zero attached hydrogens (tertiary/aromatic N) is 5. The Balaban J connectivity index is 1.66. The van der Waals surface area contributed by atoms with E-state index in [9.17, 15) is 0 Å². The molecule has 25 heavy (non-hydrogen) atoms. The van der Waals surface area contributed by atoms with Gasteiger partial charge in [-0.3, -0.25) is 0 Å². The number of hydrogen-bond donors (Lipinski definition) is 1. The molecule has 0 atom stereocenters. The van der Waals surface area contributed by atoms with Gasteiger partial charge < -0.3 is 4.57 Å². The molecule has 2 heterocycles. The van der Waals surface area contributed by atoms with Crippen molar-refractivity contribution < 1.29 is 0 Å². The number of aromatic amines is 1. The smallest absolute Gasteiger partial charge is 0.205 e. The maximum Gasteiger partial charge on any atom is 0.205 e. The van der Waals surface area contributed by atoms with Crippen molar-refractivity contribution >= 4 is 0 Å². The van der Waals surface area contributed by atoms with Crippen molar-refractivity contribution in [2.75, 3.05) is 0 Å². The molecule has 4 aromatic rings. The fraction of sp³-hybridized carbons (Fsp3) is 0.158. The number of aromatic nitrogens is 6. The topological polar surface area (TPSA) is 72.3 Å². The van der Waals surface area contributed by atoms with Crippen LogP contribution in [0.3, 0.4) is 0 Å². The average molecular weight is 330 g/mol. The summed E-state index contributed by atoms with van der Waals surface area (Å²) in [7, 11) is 0.